The molecular weight excluding hydrogens is 360 g/mol. The average molecular weight is 378 g/mol. The summed E-state index contributed by atoms with van der Waals surface area (Å²) < 4.78 is 2.81. The second-order valence-electron chi connectivity index (χ2n) is 5.99. The molecule has 0 saturated carbocycles. The lowest BCUT2D eigenvalue weighted by molar-refractivity contribution is 0.0959. The van der Waals surface area contributed by atoms with Gasteiger partial charge < -0.3 is 10.6 Å². The molecule has 136 valence electrons. The van der Waals surface area contributed by atoms with Crippen molar-refractivity contribution in [1.82, 2.24) is 25.1 Å². The molecular formula is C19H18N6OS. The van der Waals surface area contributed by atoms with E-state index in [1.165, 1.54) is 17.7 Å². The molecule has 0 aliphatic carbocycles. The number of thiophene rings is 1. The summed E-state index contributed by atoms with van der Waals surface area (Å²) in [5.74, 6) is 1.31. The lowest BCUT2D eigenvalue weighted by atomic mass is 10.2. The first-order valence-corrected chi connectivity index (χ1v) is 9.36. The van der Waals surface area contributed by atoms with Crippen LogP contribution >= 0.6 is 11.3 Å². The number of nitrogens with one attached hydrogen (secondary N) is 2. The number of aromatic nitrogens is 4. The van der Waals surface area contributed by atoms with E-state index in [1.54, 1.807) is 4.68 Å². The van der Waals surface area contributed by atoms with Crippen molar-refractivity contribution < 1.29 is 4.79 Å². The van der Waals surface area contributed by atoms with Crippen LogP contribution in [0.1, 0.15) is 15.4 Å². The Morgan fingerprint density at radius 1 is 1.15 bits per heavy atom. The number of carbonyl (C=O) groups excluding carboxylic acids is 1. The molecule has 7 nitrogen and oxygen atoms in total. The van der Waals surface area contributed by atoms with Gasteiger partial charge in [-0.05, 0) is 30.5 Å². The molecule has 0 aliphatic heterocycles. The van der Waals surface area contributed by atoms with E-state index in [1.807, 2.05) is 55.6 Å². The van der Waals surface area contributed by atoms with Crippen LogP contribution in [-0.4, -0.2) is 38.7 Å². The van der Waals surface area contributed by atoms with Gasteiger partial charge in [0.25, 0.3) is 5.91 Å². The number of hydrogen-bond acceptors (Lipinski definition) is 6. The zero-order valence-corrected chi connectivity index (χ0v) is 15.5. The maximum Gasteiger partial charge on any atom is 0.261 e. The molecule has 0 atom stereocenters. The van der Waals surface area contributed by atoms with Crippen LogP contribution in [0.4, 0.5) is 5.82 Å². The van der Waals surface area contributed by atoms with Crippen molar-refractivity contribution in [3.8, 4) is 5.82 Å². The zero-order chi connectivity index (χ0) is 18.6. The van der Waals surface area contributed by atoms with E-state index in [2.05, 4.69) is 25.7 Å². The standard InChI is InChI=1S/C19H18N6OS/c1-13-6-9-25(24-13)18-11-17(22-12-23-18)20-7-8-21-19(26)16-10-14-4-2-3-5-15(14)27-16/h2-6,9-12H,7-8H2,1H3,(H,21,26)(H,20,22,23). The molecule has 0 radical (unpaired) electrons. The normalized spacial score (nSPS) is 10.9. The van der Waals surface area contributed by atoms with E-state index in [-0.39, 0.29) is 5.91 Å². The second-order valence-corrected chi connectivity index (χ2v) is 7.08. The van der Waals surface area contributed by atoms with Gasteiger partial charge in [0.15, 0.2) is 5.82 Å². The van der Waals surface area contributed by atoms with Crippen LogP contribution in [0.5, 0.6) is 0 Å². The summed E-state index contributed by atoms with van der Waals surface area (Å²) in [7, 11) is 0. The quantitative estimate of drug-likeness (QED) is 0.504. The maximum absolute atomic E-state index is 12.3. The maximum atomic E-state index is 12.3. The molecule has 0 aliphatic rings. The molecule has 8 heteroatoms. The number of hydrogen-bond donors (Lipinski definition) is 2. The van der Waals surface area contributed by atoms with Gasteiger partial charge in [-0.15, -0.1) is 11.3 Å². The van der Waals surface area contributed by atoms with Crippen molar-refractivity contribution in [1.29, 1.82) is 0 Å². The highest BCUT2D eigenvalue weighted by molar-refractivity contribution is 7.20. The van der Waals surface area contributed by atoms with Crippen molar-refractivity contribution in [2.45, 2.75) is 6.92 Å². The van der Waals surface area contributed by atoms with Crippen LogP contribution in [0.15, 0.2) is 55.0 Å². The number of nitrogens with zero attached hydrogens (tertiary/aromatic N) is 4. The van der Waals surface area contributed by atoms with Crippen molar-refractivity contribution >= 4 is 33.1 Å². The first kappa shape index (κ1) is 17.2. The molecule has 27 heavy (non-hydrogen) atoms. The third-order valence-electron chi connectivity index (χ3n) is 3.98. The second kappa shape index (κ2) is 7.55. The summed E-state index contributed by atoms with van der Waals surface area (Å²) in [6.45, 7) is 2.98. The predicted molar refractivity (Wildman–Crippen MR) is 107 cm³/mol. The molecule has 1 amide bonds. The van der Waals surface area contributed by atoms with E-state index in [0.717, 1.165) is 20.7 Å². The number of fused-ring (bicyclic) bond motifs is 1. The van der Waals surface area contributed by atoms with Crippen LogP contribution in [-0.2, 0) is 0 Å². The van der Waals surface area contributed by atoms with Crippen LogP contribution in [0, 0.1) is 6.92 Å². The van der Waals surface area contributed by atoms with Crippen LogP contribution < -0.4 is 10.6 Å². The smallest absolute Gasteiger partial charge is 0.261 e. The van der Waals surface area contributed by atoms with Crippen molar-refractivity contribution in [3.63, 3.8) is 0 Å². The van der Waals surface area contributed by atoms with Gasteiger partial charge in [0.05, 0.1) is 10.6 Å². The SMILES string of the molecule is Cc1ccn(-c2cc(NCCNC(=O)c3cc4ccccc4s3)ncn2)n1. The Bertz CT molecular complexity index is 1050. The Kier molecular flexibility index (Phi) is 4.80. The van der Waals surface area contributed by atoms with E-state index in [9.17, 15) is 4.79 Å². The summed E-state index contributed by atoms with van der Waals surface area (Å²) in [4.78, 5) is 21.4. The summed E-state index contributed by atoms with van der Waals surface area (Å²) in [5.41, 5.74) is 0.923. The molecule has 1 aromatic carbocycles. The Morgan fingerprint density at radius 3 is 2.85 bits per heavy atom. The van der Waals surface area contributed by atoms with E-state index < -0.39 is 0 Å². The van der Waals surface area contributed by atoms with Gasteiger partial charge in [-0.1, -0.05) is 18.2 Å². The number of benzene rings is 1. The third kappa shape index (κ3) is 3.95. The van der Waals surface area contributed by atoms with Crippen molar-refractivity contribution in [2.24, 2.45) is 0 Å². The summed E-state index contributed by atoms with van der Waals surface area (Å²) in [5, 5.41) is 11.5. The van der Waals surface area contributed by atoms with Gasteiger partial charge in [-0.2, -0.15) is 5.10 Å². The van der Waals surface area contributed by atoms with Gasteiger partial charge >= 0.3 is 0 Å². The fourth-order valence-electron chi connectivity index (χ4n) is 2.66. The Labute approximate surface area is 160 Å². The lowest BCUT2D eigenvalue weighted by Gasteiger charge is -2.07. The number of anilines is 1. The zero-order valence-electron chi connectivity index (χ0n) is 14.7. The first-order valence-electron chi connectivity index (χ1n) is 8.54. The van der Waals surface area contributed by atoms with Crippen LogP contribution in [0.2, 0.25) is 0 Å². The molecule has 3 aromatic heterocycles. The number of aryl methyl sites for hydroxylation is 1. The monoisotopic (exact) mass is 378 g/mol. The topological polar surface area (TPSA) is 84.7 Å². The minimum absolute atomic E-state index is 0.0617. The fraction of sp³-hybridized carbons (Fsp3) is 0.158. The number of amides is 1. The molecule has 0 spiro atoms. The van der Waals surface area contributed by atoms with E-state index >= 15 is 0 Å². The molecule has 4 aromatic rings. The van der Waals surface area contributed by atoms with Gasteiger partial charge in [0.1, 0.15) is 12.1 Å². The third-order valence-corrected chi connectivity index (χ3v) is 5.09. The molecule has 0 unspecified atom stereocenters. The van der Waals surface area contributed by atoms with E-state index in [4.69, 9.17) is 0 Å². The van der Waals surface area contributed by atoms with Gasteiger partial charge in [0, 0.05) is 30.1 Å². The Hall–Kier alpha value is -3.26. The highest BCUT2D eigenvalue weighted by Crippen LogP contribution is 2.24. The number of rotatable bonds is 6. The van der Waals surface area contributed by atoms with E-state index in [0.29, 0.717) is 24.7 Å². The highest BCUT2D eigenvalue weighted by Gasteiger charge is 2.09. The largest absolute Gasteiger partial charge is 0.368 e. The van der Waals surface area contributed by atoms with Gasteiger partial charge in [-0.25, -0.2) is 14.6 Å². The molecule has 2 N–H and O–H groups in total. The summed E-state index contributed by atoms with van der Waals surface area (Å²) in [6, 6.07) is 13.6. The lowest BCUT2D eigenvalue weighted by Crippen LogP contribution is -2.28. The van der Waals surface area contributed by atoms with Gasteiger partial charge in [0.2, 0.25) is 0 Å². The van der Waals surface area contributed by atoms with Crippen LogP contribution in [0.3, 0.4) is 0 Å². The van der Waals surface area contributed by atoms with Gasteiger partial charge in [-0.3, -0.25) is 4.79 Å². The Morgan fingerprint density at radius 2 is 2.04 bits per heavy atom. The molecule has 3 heterocycles. The molecule has 4 rings (SSSR count). The average Bonchev–Trinajstić information content (AvgIpc) is 3.31. The minimum Gasteiger partial charge on any atom is -0.368 e. The van der Waals surface area contributed by atoms with Crippen LogP contribution in [0.25, 0.3) is 15.9 Å². The summed E-state index contributed by atoms with van der Waals surface area (Å²) >= 11 is 1.50. The predicted octanol–water partition coefficient (Wildman–Crippen LogP) is 3.03. The summed E-state index contributed by atoms with van der Waals surface area (Å²) in [6.07, 6.45) is 3.34. The number of carbonyl (C=O) groups is 1. The Balaban J connectivity index is 1.31. The fourth-order valence-corrected chi connectivity index (χ4v) is 3.64. The van der Waals surface area contributed by atoms with Crippen molar-refractivity contribution in [2.75, 3.05) is 18.4 Å². The van der Waals surface area contributed by atoms with Crippen molar-refractivity contribution in [3.05, 3.63) is 65.6 Å². The first-order chi connectivity index (χ1) is 13.2. The highest BCUT2D eigenvalue weighted by atomic mass is 32.1. The molecule has 0 saturated heterocycles. The molecule has 0 fully saturated rings. The molecule has 0 bridgehead atoms. The minimum atomic E-state index is -0.0617.